The van der Waals surface area contributed by atoms with Gasteiger partial charge in [-0.15, -0.1) is 0 Å². The number of hydrogen-bond acceptors (Lipinski definition) is 6. The lowest BCUT2D eigenvalue weighted by Gasteiger charge is -2.20. The number of rotatable bonds is 4. The highest BCUT2D eigenvalue weighted by atomic mass is 32.2. The molecule has 27 heavy (non-hydrogen) atoms. The fourth-order valence-corrected chi connectivity index (χ4v) is 2.52. The summed E-state index contributed by atoms with van der Waals surface area (Å²) < 4.78 is 63.2. The Labute approximate surface area is 153 Å². The second-order valence-corrected chi connectivity index (χ2v) is 8.47. The molecule has 3 N–H and O–H groups in total. The van der Waals surface area contributed by atoms with Crippen molar-refractivity contribution in [3.05, 3.63) is 29.6 Å². The van der Waals surface area contributed by atoms with Crippen LogP contribution >= 0.6 is 0 Å². The van der Waals surface area contributed by atoms with E-state index < -0.39 is 27.5 Å². The van der Waals surface area contributed by atoms with Crippen molar-refractivity contribution >= 4 is 15.8 Å². The first-order valence-corrected chi connectivity index (χ1v) is 9.12. The number of primary sulfonamides is 1. The van der Waals surface area contributed by atoms with Gasteiger partial charge in [0.15, 0.2) is 11.5 Å². The molecule has 0 atom stereocenters. The number of nitrogens with one attached hydrogen (secondary N) is 1. The highest BCUT2D eigenvalue weighted by molar-refractivity contribution is 7.89. The van der Waals surface area contributed by atoms with Gasteiger partial charge in [0.1, 0.15) is 22.3 Å². The van der Waals surface area contributed by atoms with Crippen LogP contribution in [0.3, 0.4) is 0 Å². The van der Waals surface area contributed by atoms with Gasteiger partial charge in [0, 0.05) is 12.7 Å². The van der Waals surface area contributed by atoms with Crippen LogP contribution in [0.4, 0.5) is 19.0 Å². The van der Waals surface area contributed by atoms with E-state index in [2.05, 4.69) is 15.4 Å². The third-order valence-corrected chi connectivity index (χ3v) is 4.22. The molecule has 12 heteroatoms. The van der Waals surface area contributed by atoms with E-state index in [1.54, 1.807) is 0 Å². The van der Waals surface area contributed by atoms with E-state index in [0.717, 1.165) is 23.0 Å². The monoisotopic (exact) mass is 402 g/mol. The second-order valence-electron chi connectivity index (χ2n) is 6.90. The van der Waals surface area contributed by atoms with Gasteiger partial charge in [-0.3, -0.25) is 0 Å². The quantitative estimate of drug-likeness (QED) is 0.808. The van der Waals surface area contributed by atoms with Gasteiger partial charge < -0.3 is 5.32 Å². The largest absolute Gasteiger partial charge is 0.436 e. The third kappa shape index (κ3) is 4.75. The van der Waals surface area contributed by atoms with E-state index in [1.807, 2.05) is 20.8 Å². The van der Waals surface area contributed by atoms with Crippen LogP contribution in [0, 0.1) is 16.7 Å². The first kappa shape index (κ1) is 20.7. The van der Waals surface area contributed by atoms with Gasteiger partial charge in [0.05, 0.1) is 0 Å². The van der Waals surface area contributed by atoms with Crippen LogP contribution in [-0.4, -0.2) is 29.7 Å². The molecule has 0 amide bonds. The van der Waals surface area contributed by atoms with E-state index in [4.69, 9.17) is 5.14 Å². The van der Waals surface area contributed by atoms with Crippen molar-refractivity contribution < 1.29 is 21.6 Å². The molecule has 0 aliphatic heterocycles. The van der Waals surface area contributed by atoms with E-state index in [-0.39, 0.29) is 28.5 Å². The summed E-state index contributed by atoms with van der Waals surface area (Å²) in [6.07, 6.45) is -3.95. The number of anilines is 1. The Morgan fingerprint density at radius 1 is 1.30 bits per heavy atom. The number of nitrogens with zero attached hydrogens (tertiary/aromatic N) is 4. The zero-order chi connectivity index (χ0) is 20.6. The van der Waals surface area contributed by atoms with Gasteiger partial charge in [0.2, 0.25) is 10.0 Å². The molecule has 2 aromatic heterocycles. The Balaban J connectivity index is 2.63. The van der Waals surface area contributed by atoms with Crippen molar-refractivity contribution in [1.29, 1.82) is 5.26 Å². The van der Waals surface area contributed by atoms with E-state index in [0.29, 0.717) is 0 Å². The van der Waals surface area contributed by atoms with Gasteiger partial charge in [-0.05, 0) is 17.5 Å². The Kier molecular flexibility index (Phi) is 5.22. The number of halogens is 3. The SMILES string of the molecule is CC(C)(C)CNc1c(C#N)c(C(F)(F)F)nn1-c1ccc(S(N)(=O)=O)cn1. The van der Waals surface area contributed by atoms with Crippen LogP contribution in [0.15, 0.2) is 23.2 Å². The highest BCUT2D eigenvalue weighted by Crippen LogP contribution is 2.35. The van der Waals surface area contributed by atoms with Crippen LogP contribution in [-0.2, 0) is 16.2 Å². The Bertz CT molecular complexity index is 983. The first-order chi connectivity index (χ1) is 12.2. The molecule has 146 valence electrons. The van der Waals surface area contributed by atoms with Gasteiger partial charge in [-0.2, -0.15) is 28.2 Å². The molecule has 0 aromatic carbocycles. The summed E-state index contributed by atoms with van der Waals surface area (Å²) in [6, 6.07) is 3.76. The molecule has 0 fully saturated rings. The minimum atomic E-state index is -4.85. The van der Waals surface area contributed by atoms with Crippen molar-refractivity contribution in [3.63, 3.8) is 0 Å². The van der Waals surface area contributed by atoms with Gasteiger partial charge in [-0.25, -0.2) is 18.5 Å². The highest BCUT2D eigenvalue weighted by Gasteiger charge is 2.40. The van der Waals surface area contributed by atoms with Crippen LogP contribution in [0.1, 0.15) is 32.0 Å². The van der Waals surface area contributed by atoms with Crippen LogP contribution < -0.4 is 10.5 Å². The second kappa shape index (κ2) is 6.82. The number of nitriles is 1. The van der Waals surface area contributed by atoms with Crippen molar-refractivity contribution in [2.24, 2.45) is 10.6 Å². The van der Waals surface area contributed by atoms with E-state index >= 15 is 0 Å². The van der Waals surface area contributed by atoms with Crippen molar-refractivity contribution in [2.75, 3.05) is 11.9 Å². The summed E-state index contributed by atoms with van der Waals surface area (Å²) in [6.45, 7) is 5.82. The molecule has 0 saturated heterocycles. The molecule has 2 rings (SSSR count). The molecule has 0 radical (unpaired) electrons. The maximum atomic E-state index is 13.3. The van der Waals surface area contributed by atoms with Gasteiger partial charge >= 0.3 is 6.18 Å². The Hall–Kier alpha value is -2.65. The third-order valence-electron chi connectivity index (χ3n) is 3.32. The molecule has 2 heterocycles. The minimum Gasteiger partial charge on any atom is -0.368 e. The lowest BCUT2D eigenvalue weighted by Crippen LogP contribution is -2.21. The molecule has 2 aromatic rings. The average Bonchev–Trinajstić information content (AvgIpc) is 2.90. The summed E-state index contributed by atoms with van der Waals surface area (Å²) >= 11 is 0. The van der Waals surface area contributed by atoms with Gasteiger partial charge in [0.25, 0.3) is 0 Å². The number of pyridine rings is 1. The van der Waals surface area contributed by atoms with Crippen molar-refractivity contribution in [2.45, 2.75) is 31.8 Å². The average molecular weight is 402 g/mol. The Morgan fingerprint density at radius 2 is 1.93 bits per heavy atom. The molecule has 0 bridgehead atoms. The molecule has 0 spiro atoms. The fraction of sp³-hybridized carbons (Fsp3) is 0.400. The lowest BCUT2D eigenvalue weighted by molar-refractivity contribution is -0.141. The normalized spacial score (nSPS) is 12.7. The summed E-state index contributed by atoms with van der Waals surface area (Å²) in [5, 5.41) is 20.5. The minimum absolute atomic E-state index is 0.106. The molecule has 0 saturated carbocycles. The number of aromatic nitrogens is 3. The smallest absolute Gasteiger partial charge is 0.368 e. The number of alkyl halides is 3. The lowest BCUT2D eigenvalue weighted by atomic mass is 9.97. The molecule has 0 aliphatic rings. The molecular weight excluding hydrogens is 385 g/mol. The first-order valence-electron chi connectivity index (χ1n) is 7.57. The van der Waals surface area contributed by atoms with Crippen LogP contribution in [0.5, 0.6) is 0 Å². The summed E-state index contributed by atoms with van der Waals surface area (Å²) in [5.41, 5.74) is -2.34. The molecule has 8 nitrogen and oxygen atoms in total. The van der Waals surface area contributed by atoms with E-state index in [9.17, 15) is 26.9 Å². The topological polar surface area (TPSA) is 127 Å². The summed E-state index contributed by atoms with van der Waals surface area (Å²) in [7, 11) is -4.01. The predicted molar refractivity (Wildman–Crippen MR) is 90.4 cm³/mol. The molecule has 0 aliphatic carbocycles. The summed E-state index contributed by atoms with van der Waals surface area (Å²) in [5.74, 6) is -0.290. The number of sulfonamides is 1. The summed E-state index contributed by atoms with van der Waals surface area (Å²) in [4.78, 5) is 3.51. The predicted octanol–water partition coefficient (Wildman–Crippen LogP) is 2.26. The molecule has 0 unspecified atom stereocenters. The number of hydrogen-bond donors (Lipinski definition) is 2. The fourth-order valence-electron chi connectivity index (χ4n) is 2.07. The maximum Gasteiger partial charge on any atom is 0.436 e. The van der Waals surface area contributed by atoms with Crippen LogP contribution in [0.25, 0.3) is 5.82 Å². The Morgan fingerprint density at radius 3 is 2.33 bits per heavy atom. The standard InChI is InChI=1S/C15H17F3N6O2S/c1-14(2,3)8-22-13-10(6-19)12(15(16,17)18)23-24(13)11-5-4-9(7-21-11)27(20,25)26/h4-5,7,22H,8H2,1-3H3,(H2,20,25,26). The van der Waals surface area contributed by atoms with E-state index in [1.165, 1.54) is 6.07 Å². The zero-order valence-electron chi connectivity index (χ0n) is 14.7. The van der Waals surface area contributed by atoms with Gasteiger partial charge in [-0.1, -0.05) is 20.8 Å². The van der Waals surface area contributed by atoms with Crippen molar-refractivity contribution in [3.8, 4) is 11.9 Å². The number of nitrogens with two attached hydrogens (primary N) is 1. The van der Waals surface area contributed by atoms with Crippen molar-refractivity contribution in [1.82, 2.24) is 14.8 Å². The maximum absolute atomic E-state index is 13.3. The molecular formula is C15H17F3N6O2S. The van der Waals surface area contributed by atoms with Crippen LogP contribution in [0.2, 0.25) is 0 Å². The zero-order valence-corrected chi connectivity index (χ0v) is 15.5.